The van der Waals surface area contributed by atoms with Crippen molar-refractivity contribution in [1.29, 1.82) is 5.26 Å². The van der Waals surface area contributed by atoms with Crippen molar-refractivity contribution in [1.82, 2.24) is 9.88 Å². The lowest BCUT2D eigenvalue weighted by Gasteiger charge is -2.33. The number of anilines is 2. The molecule has 0 aliphatic carbocycles. The van der Waals surface area contributed by atoms with E-state index in [0.29, 0.717) is 17.9 Å². The van der Waals surface area contributed by atoms with Crippen LogP contribution >= 0.6 is 31.9 Å². The average Bonchev–Trinajstić information content (AvgIpc) is 2.99. The van der Waals surface area contributed by atoms with Gasteiger partial charge in [-0.2, -0.15) is 5.26 Å². The van der Waals surface area contributed by atoms with Gasteiger partial charge in [-0.05, 0) is 64.7 Å². The average molecular weight is 662 g/mol. The molecule has 6 heteroatoms. The molecule has 4 nitrogen and oxygen atoms in total. The van der Waals surface area contributed by atoms with Gasteiger partial charge in [0, 0.05) is 45.4 Å². The van der Waals surface area contributed by atoms with Crippen LogP contribution < -0.4 is 5.32 Å². The van der Waals surface area contributed by atoms with Crippen molar-refractivity contribution >= 4 is 55.0 Å². The van der Waals surface area contributed by atoms with Crippen molar-refractivity contribution in [2.75, 3.05) is 11.9 Å². The number of nitrogens with one attached hydrogen (secondary N) is 1. The molecule has 1 aromatic heterocycles. The first kappa shape index (κ1) is 27.2. The highest BCUT2D eigenvalue weighted by molar-refractivity contribution is 9.10. The summed E-state index contributed by atoms with van der Waals surface area (Å²) in [6, 6.07) is 39.4. The largest absolute Gasteiger partial charge is 0.339 e. The number of para-hydroxylation sites is 1. The highest BCUT2D eigenvalue weighted by Gasteiger charge is 2.29. The Balaban J connectivity index is 1.57. The van der Waals surface area contributed by atoms with Crippen LogP contribution in [0.3, 0.4) is 0 Å². The quantitative estimate of drug-likeness (QED) is 0.197. The van der Waals surface area contributed by atoms with E-state index in [1.165, 1.54) is 5.56 Å². The SMILES string of the molecule is N#Cc1c(Nc2ccccc2)nc2c(c1-c1ccc(Br)cc1)CN(Cc1ccccc1)C/C2=C/c1ccc(Br)cc1. The number of pyridine rings is 1. The summed E-state index contributed by atoms with van der Waals surface area (Å²) in [5, 5.41) is 14.0. The van der Waals surface area contributed by atoms with E-state index in [4.69, 9.17) is 4.98 Å². The van der Waals surface area contributed by atoms with Gasteiger partial charge in [0.1, 0.15) is 17.5 Å². The molecule has 6 rings (SSSR count). The Hall–Kier alpha value is -4.02. The first-order valence-electron chi connectivity index (χ1n) is 13.3. The van der Waals surface area contributed by atoms with Crippen LogP contribution in [0.2, 0.25) is 0 Å². The molecule has 0 bridgehead atoms. The van der Waals surface area contributed by atoms with Gasteiger partial charge in [-0.1, -0.05) is 105 Å². The first-order valence-corrected chi connectivity index (χ1v) is 14.9. The Morgan fingerprint density at radius 2 is 1.44 bits per heavy atom. The van der Waals surface area contributed by atoms with E-state index in [2.05, 4.69) is 115 Å². The maximum absolute atomic E-state index is 10.6. The minimum Gasteiger partial charge on any atom is -0.339 e. The van der Waals surface area contributed by atoms with Gasteiger partial charge < -0.3 is 5.32 Å². The van der Waals surface area contributed by atoms with E-state index in [0.717, 1.165) is 61.2 Å². The summed E-state index contributed by atoms with van der Waals surface area (Å²) in [6.07, 6.45) is 2.22. The van der Waals surface area contributed by atoms with Crippen LogP contribution in [0.1, 0.15) is 27.9 Å². The summed E-state index contributed by atoms with van der Waals surface area (Å²) < 4.78 is 2.03. The molecule has 1 N–H and O–H groups in total. The van der Waals surface area contributed by atoms with Crippen molar-refractivity contribution in [2.45, 2.75) is 13.1 Å². The van der Waals surface area contributed by atoms with E-state index in [9.17, 15) is 5.26 Å². The zero-order chi connectivity index (χ0) is 28.2. The lowest BCUT2D eigenvalue weighted by atomic mass is 9.88. The topological polar surface area (TPSA) is 52.0 Å². The van der Waals surface area contributed by atoms with Crippen LogP contribution in [-0.4, -0.2) is 16.4 Å². The number of fused-ring (bicyclic) bond motifs is 1. The van der Waals surface area contributed by atoms with Crippen LogP contribution in [0.25, 0.3) is 22.8 Å². The van der Waals surface area contributed by atoms with E-state index < -0.39 is 0 Å². The van der Waals surface area contributed by atoms with E-state index >= 15 is 0 Å². The number of halogens is 2. The molecule has 4 aromatic carbocycles. The van der Waals surface area contributed by atoms with Crippen molar-refractivity contribution < 1.29 is 0 Å². The lowest BCUT2D eigenvalue weighted by molar-refractivity contribution is 0.282. The van der Waals surface area contributed by atoms with Gasteiger partial charge in [-0.25, -0.2) is 4.98 Å². The van der Waals surface area contributed by atoms with Crippen molar-refractivity contribution in [3.05, 3.63) is 146 Å². The second kappa shape index (κ2) is 12.2. The van der Waals surface area contributed by atoms with Crippen LogP contribution in [0.15, 0.2) is 118 Å². The number of hydrogen-bond acceptors (Lipinski definition) is 4. The number of rotatable bonds is 6. The van der Waals surface area contributed by atoms with Gasteiger partial charge in [-0.15, -0.1) is 0 Å². The Bertz CT molecular complexity index is 1740. The van der Waals surface area contributed by atoms with Gasteiger partial charge in [0.25, 0.3) is 0 Å². The molecule has 1 aliphatic rings. The monoisotopic (exact) mass is 660 g/mol. The van der Waals surface area contributed by atoms with Gasteiger partial charge in [0.15, 0.2) is 0 Å². The fourth-order valence-electron chi connectivity index (χ4n) is 5.26. The Morgan fingerprint density at radius 3 is 2.10 bits per heavy atom. The zero-order valence-corrected chi connectivity index (χ0v) is 25.4. The van der Waals surface area contributed by atoms with Crippen LogP contribution in [0.5, 0.6) is 0 Å². The molecule has 2 heterocycles. The highest BCUT2D eigenvalue weighted by atomic mass is 79.9. The number of benzene rings is 4. The van der Waals surface area contributed by atoms with E-state index in [1.54, 1.807) is 0 Å². The van der Waals surface area contributed by atoms with Crippen LogP contribution in [0, 0.1) is 11.3 Å². The summed E-state index contributed by atoms with van der Waals surface area (Å²) in [6.45, 7) is 2.21. The van der Waals surface area contributed by atoms with E-state index in [1.807, 2.05) is 48.5 Å². The second-order valence-electron chi connectivity index (χ2n) is 10.00. The molecule has 0 saturated carbocycles. The number of nitrogens with zero attached hydrogens (tertiary/aromatic N) is 3. The van der Waals surface area contributed by atoms with Crippen molar-refractivity contribution in [2.24, 2.45) is 0 Å². The molecule has 0 fully saturated rings. The molecular formula is C35H26Br2N4. The Labute approximate surface area is 257 Å². The maximum atomic E-state index is 10.6. The fourth-order valence-corrected chi connectivity index (χ4v) is 5.79. The third-order valence-electron chi connectivity index (χ3n) is 7.12. The Kier molecular flexibility index (Phi) is 8.11. The molecule has 5 aromatic rings. The number of nitriles is 1. The summed E-state index contributed by atoms with van der Waals surface area (Å²) in [5.41, 5.74) is 8.79. The minimum absolute atomic E-state index is 0.541. The molecule has 0 radical (unpaired) electrons. The fraction of sp³-hybridized carbons (Fsp3) is 0.0857. The number of hydrogen-bond donors (Lipinski definition) is 1. The third-order valence-corrected chi connectivity index (χ3v) is 8.18. The molecule has 0 amide bonds. The second-order valence-corrected chi connectivity index (χ2v) is 11.8. The van der Waals surface area contributed by atoms with E-state index in [-0.39, 0.29) is 0 Å². The molecule has 41 heavy (non-hydrogen) atoms. The van der Waals surface area contributed by atoms with Crippen molar-refractivity contribution in [3.63, 3.8) is 0 Å². The Morgan fingerprint density at radius 1 is 0.805 bits per heavy atom. The predicted octanol–water partition coefficient (Wildman–Crippen LogP) is 9.45. The summed E-state index contributed by atoms with van der Waals surface area (Å²) in [5.74, 6) is 0.564. The summed E-state index contributed by atoms with van der Waals surface area (Å²) in [7, 11) is 0. The van der Waals surface area contributed by atoms with Gasteiger partial charge in [0.05, 0.1) is 5.69 Å². The predicted molar refractivity (Wildman–Crippen MR) is 174 cm³/mol. The van der Waals surface area contributed by atoms with Gasteiger partial charge in [0.2, 0.25) is 0 Å². The molecular weight excluding hydrogens is 636 g/mol. The van der Waals surface area contributed by atoms with Gasteiger partial charge in [-0.3, -0.25) is 4.90 Å². The summed E-state index contributed by atoms with van der Waals surface area (Å²) >= 11 is 7.13. The molecule has 0 unspecified atom stereocenters. The molecule has 0 spiro atoms. The lowest BCUT2D eigenvalue weighted by Crippen LogP contribution is -2.31. The molecule has 0 saturated heterocycles. The highest BCUT2D eigenvalue weighted by Crippen LogP contribution is 2.41. The summed E-state index contributed by atoms with van der Waals surface area (Å²) in [4.78, 5) is 7.60. The molecule has 0 atom stereocenters. The van der Waals surface area contributed by atoms with Gasteiger partial charge >= 0.3 is 0 Å². The normalized spacial score (nSPS) is 13.9. The maximum Gasteiger partial charge on any atom is 0.149 e. The number of aromatic nitrogens is 1. The van der Waals surface area contributed by atoms with Crippen molar-refractivity contribution in [3.8, 4) is 17.2 Å². The third kappa shape index (κ3) is 6.18. The molecule has 200 valence electrons. The van der Waals surface area contributed by atoms with Crippen LogP contribution in [0.4, 0.5) is 11.5 Å². The zero-order valence-electron chi connectivity index (χ0n) is 22.2. The molecule has 1 aliphatic heterocycles. The standard InChI is InChI=1S/C35H26Br2N4/c36-28-15-11-24(12-16-28)19-27-22-41(21-25-7-3-1-4-8-25)23-32-33(26-13-17-29(37)18-14-26)31(20-38)35(40-34(27)32)39-30-9-5-2-6-10-30/h1-19H,21-23H2,(H,39,40)/b27-19-. The smallest absolute Gasteiger partial charge is 0.149 e. The minimum atomic E-state index is 0.541. The van der Waals surface area contributed by atoms with Crippen LogP contribution in [-0.2, 0) is 13.1 Å². The first-order chi connectivity index (χ1) is 20.1.